The average Bonchev–Trinajstić information content (AvgIpc) is 4.31. The minimum Gasteiger partial charge on any atom is -0.332 e. The molecule has 17 rings (SSSR count). The van der Waals surface area contributed by atoms with Gasteiger partial charge in [0.15, 0.2) is 0 Å². The van der Waals surface area contributed by atoms with Crippen molar-refractivity contribution in [3.8, 4) is 28.2 Å². The molecule has 360 valence electrons. The summed E-state index contributed by atoms with van der Waals surface area (Å²) in [6.45, 7) is 0. The first-order chi connectivity index (χ1) is 38.3. The van der Waals surface area contributed by atoms with Crippen LogP contribution in [0.15, 0.2) is 279 Å². The van der Waals surface area contributed by atoms with E-state index < -0.39 is 5.41 Å². The standard InChI is InChI=1S/C73H48N4/c1-3-19-49(20-4-1)74-65-31-15-9-25-55(65)59-43-45-61-57-27-11-17-33-67(57)76(71(61)69(59)74)51-39-35-47(36-40-51)73(63-29-13-7-23-53(63)54-24-8-14-30-64(54)73)48-37-41-52(42-38-48)77-68-34-18-12-28-58(68)62-46-44-60-56-26-10-16-32-66(56)75(70(60)72(62)77)50-21-5-2-6-22-50/h1-46,55,65H. The summed E-state index contributed by atoms with van der Waals surface area (Å²) in [6.07, 6.45) is 9.19. The molecule has 2 unspecified atom stereocenters. The molecule has 4 nitrogen and oxygen atoms in total. The molecule has 0 spiro atoms. The molecule has 14 aromatic rings. The topological polar surface area (TPSA) is 18.0 Å². The SMILES string of the molecule is C1=CC2c3ccc4c5ccccc5n(-c5ccc(C6(c7ccc(-n8c9ccccc9c9ccc%10c%11ccccc%11n(-c%11ccccc%11)c%10c98)cc7)c7ccccc7-c7ccccc76)cc5)c4c3N(c3ccccc3)C2C=C1. The molecule has 0 saturated carbocycles. The van der Waals surface area contributed by atoms with E-state index in [2.05, 4.69) is 298 Å². The third kappa shape index (κ3) is 5.71. The number of anilines is 2. The van der Waals surface area contributed by atoms with Crippen LogP contribution in [0.5, 0.6) is 0 Å². The van der Waals surface area contributed by atoms with Crippen LogP contribution in [0.25, 0.3) is 93.6 Å². The summed E-state index contributed by atoms with van der Waals surface area (Å²) in [4.78, 5) is 2.59. The predicted octanol–water partition coefficient (Wildman–Crippen LogP) is 18.1. The lowest BCUT2D eigenvalue weighted by Gasteiger charge is -2.34. The number of hydrogen-bond donors (Lipinski definition) is 0. The second-order valence-electron chi connectivity index (χ2n) is 21.1. The van der Waals surface area contributed by atoms with Crippen LogP contribution in [0.2, 0.25) is 0 Å². The Balaban J connectivity index is 0.883. The maximum Gasteiger partial charge on any atom is 0.0788 e. The molecule has 3 aliphatic rings. The monoisotopic (exact) mass is 980 g/mol. The van der Waals surface area contributed by atoms with Crippen LogP contribution in [0.3, 0.4) is 0 Å². The van der Waals surface area contributed by atoms with E-state index in [0.717, 1.165) is 17.1 Å². The maximum atomic E-state index is 2.59. The lowest BCUT2D eigenvalue weighted by molar-refractivity contribution is 0.745. The lowest BCUT2D eigenvalue weighted by atomic mass is 9.67. The predicted molar refractivity (Wildman–Crippen MR) is 320 cm³/mol. The Bertz CT molecular complexity index is 4750. The smallest absolute Gasteiger partial charge is 0.0788 e. The summed E-state index contributed by atoms with van der Waals surface area (Å²) in [7, 11) is 0. The minimum absolute atomic E-state index is 0.183. The number of fused-ring (bicyclic) bond motifs is 17. The highest BCUT2D eigenvalue weighted by molar-refractivity contribution is 6.24. The Hall–Kier alpha value is -9.90. The lowest BCUT2D eigenvalue weighted by Crippen LogP contribution is -2.28. The number of hydrogen-bond acceptors (Lipinski definition) is 1. The van der Waals surface area contributed by atoms with Crippen molar-refractivity contribution in [2.45, 2.75) is 17.4 Å². The molecule has 0 amide bonds. The van der Waals surface area contributed by atoms with Crippen LogP contribution >= 0.6 is 0 Å². The summed E-state index contributed by atoms with van der Waals surface area (Å²) in [5, 5.41) is 7.48. The van der Waals surface area contributed by atoms with E-state index in [0.29, 0.717) is 0 Å². The second-order valence-corrected chi connectivity index (χ2v) is 21.1. The second kappa shape index (κ2) is 16.1. The van der Waals surface area contributed by atoms with Crippen molar-refractivity contribution in [2.75, 3.05) is 4.90 Å². The zero-order valence-electron chi connectivity index (χ0n) is 42.0. The number of allylic oxidation sites excluding steroid dienone is 2. The Morgan fingerprint density at radius 3 is 1.23 bits per heavy atom. The summed E-state index contributed by atoms with van der Waals surface area (Å²) in [5.74, 6) is 0.249. The molecule has 0 radical (unpaired) electrons. The Morgan fingerprint density at radius 2 is 0.701 bits per heavy atom. The van der Waals surface area contributed by atoms with Gasteiger partial charge < -0.3 is 18.6 Å². The van der Waals surface area contributed by atoms with E-state index in [1.807, 2.05) is 0 Å². The summed E-state index contributed by atoms with van der Waals surface area (Å²) in [6, 6.07) is 95.4. The van der Waals surface area contributed by atoms with Gasteiger partial charge in [-0.3, -0.25) is 0 Å². The van der Waals surface area contributed by atoms with Crippen molar-refractivity contribution in [3.63, 3.8) is 0 Å². The first kappa shape index (κ1) is 42.5. The number of rotatable bonds is 6. The molecule has 77 heavy (non-hydrogen) atoms. The molecule has 4 heteroatoms. The Labute approximate surface area is 445 Å². The summed E-state index contributed by atoms with van der Waals surface area (Å²) in [5.41, 5.74) is 21.5. The van der Waals surface area contributed by atoms with Gasteiger partial charge in [-0.25, -0.2) is 0 Å². The normalized spacial score (nSPS) is 16.0. The average molecular weight is 981 g/mol. The van der Waals surface area contributed by atoms with E-state index in [1.165, 1.54) is 116 Å². The number of nitrogens with zero attached hydrogens (tertiary/aromatic N) is 4. The molecule has 0 N–H and O–H groups in total. The van der Waals surface area contributed by atoms with Gasteiger partial charge in [-0.05, 0) is 106 Å². The highest BCUT2D eigenvalue weighted by Gasteiger charge is 2.46. The zero-order chi connectivity index (χ0) is 50.3. The molecular formula is C73H48N4. The number of aromatic nitrogens is 3. The van der Waals surface area contributed by atoms with Crippen molar-refractivity contribution in [1.29, 1.82) is 0 Å². The Kier molecular flexibility index (Phi) is 8.85. The quantitative estimate of drug-likeness (QED) is 0.162. The van der Waals surface area contributed by atoms with Gasteiger partial charge in [0.25, 0.3) is 0 Å². The first-order valence-electron chi connectivity index (χ1n) is 26.9. The van der Waals surface area contributed by atoms with E-state index in [9.17, 15) is 0 Å². The van der Waals surface area contributed by atoms with E-state index in [4.69, 9.17) is 0 Å². The van der Waals surface area contributed by atoms with Crippen LogP contribution in [0.4, 0.5) is 11.4 Å². The molecule has 2 atom stereocenters. The van der Waals surface area contributed by atoms with E-state index in [1.54, 1.807) is 0 Å². The van der Waals surface area contributed by atoms with Crippen molar-refractivity contribution in [3.05, 3.63) is 307 Å². The zero-order valence-corrected chi connectivity index (χ0v) is 42.0. The minimum atomic E-state index is -0.599. The summed E-state index contributed by atoms with van der Waals surface area (Å²) >= 11 is 0. The molecule has 2 aliphatic carbocycles. The third-order valence-corrected chi connectivity index (χ3v) is 17.4. The van der Waals surface area contributed by atoms with Crippen molar-refractivity contribution in [1.82, 2.24) is 13.7 Å². The van der Waals surface area contributed by atoms with Crippen LogP contribution in [0.1, 0.15) is 33.7 Å². The largest absolute Gasteiger partial charge is 0.332 e. The maximum absolute atomic E-state index is 2.59. The van der Waals surface area contributed by atoms with Crippen LogP contribution < -0.4 is 4.90 Å². The third-order valence-electron chi connectivity index (χ3n) is 17.4. The Morgan fingerprint density at radius 1 is 0.299 bits per heavy atom. The van der Waals surface area contributed by atoms with Crippen LogP contribution in [0, 0.1) is 0 Å². The van der Waals surface area contributed by atoms with Crippen molar-refractivity contribution < 1.29 is 0 Å². The molecule has 3 aromatic heterocycles. The van der Waals surface area contributed by atoms with Crippen molar-refractivity contribution in [2.24, 2.45) is 0 Å². The van der Waals surface area contributed by atoms with Gasteiger partial charge in [-0.1, -0.05) is 212 Å². The van der Waals surface area contributed by atoms with Gasteiger partial charge >= 0.3 is 0 Å². The van der Waals surface area contributed by atoms with E-state index >= 15 is 0 Å². The summed E-state index contributed by atoms with van der Waals surface area (Å²) < 4.78 is 7.51. The fraction of sp³-hybridized carbons (Fsp3) is 0.0411. The fourth-order valence-corrected chi connectivity index (χ4v) is 14.4. The van der Waals surface area contributed by atoms with Crippen LogP contribution in [-0.2, 0) is 5.41 Å². The van der Waals surface area contributed by atoms with Gasteiger partial charge in [0.2, 0.25) is 0 Å². The van der Waals surface area contributed by atoms with Gasteiger partial charge in [-0.2, -0.15) is 0 Å². The molecule has 0 fully saturated rings. The molecule has 4 heterocycles. The molecule has 1 aliphatic heterocycles. The molecule has 11 aromatic carbocycles. The van der Waals surface area contributed by atoms with E-state index in [-0.39, 0.29) is 12.0 Å². The van der Waals surface area contributed by atoms with Crippen molar-refractivity contribution >= 4 is 76.8 Å². The highest BCUT2D eigenvalue weighted by Crippen LogP contribution is 2.57. The first-order valence-corrected chi connectivity index (χ1v) is 26.9. The molecule has 0 saturated heterocycles. The number of para-hydroxylation sites is 5. The fourth-order valence-electron chi connectivity index (χ4n) is 14.4. The van der Waals surface area contributed by atoms with Gasteiger partial charge in [0.1, 0.15) is 0 Å². The van der Waals surface area contributed by atoms with Gasteiger partial charge in [-0.15, -0.1) is 0 Å². The van der Waals surface area contributed by atoms with Gasteiger partial charge in [0, 0.05) is 61.0 Å². The van der Waals surface area contributed by atoms with Gasteiger partial charge in [0.05, 0.1) is 50.2 Å². The molecular weight excluding hydrogens is 933 g/mol. The molecule has 0 bridgehead atoms. The highest BCUT2D eigenvalue weighted by atomic mass is 15.2. The van der Waals surface area contributed by atoms with Crippen LogP contribution in [-0.4, -0.2) is 19.7 Å². The number of benzene rings is 11.